The summed E-state index contributed by atoms with van der Waals surface area (Å²) in [5.41, 5.74) is 8.72. The van der Waals surface area contributed by atoms with E-state index in [4.69, 9.17) is 5.73 Å². The van der Waals surface area contributed by atoms with Gasteiger partial charge in [-0.2, -0.15) is 0 Å². The molecule has 1 fully saturated rings. The van der Waals surface area contributed by atoms with Gasteiger partial charge >= 0.3 is 0 Å². The first-order valence-corrected chi connectivity index (χ1v) is 7.95. The van der Waals surface area contributed by atoms with E-state index in [2.05, 4.69) is 42.1 Å². The molecule has 0 bridgehead atoms. The summed E-state index contributed by atoms with van der Waals surface area (Å²) < 4.78 is 0. The molecular formula is C17H29N3. The first-order valence-electron chi connectivity index (χ1n) is 7.95. The second kappa shape index (κ2) is 7.19. The van der Waals surface area contributed by atoms with E-state index in [9.17, 15) is 0 Å². The topological polar surface area (TPSA) is 42.1 Å². The summed E-state index contributed by atoms with van der Waals surface area (Å²) >= 11 is 0. The van der Waals surface area contributed by atoms with Crippen molar-refractivity contribution in [2.45, 2.75) is 52.0 Å². The Morgan fingerprint density at radius 2 is 1.90 bits per heavy atom. The zero-order chi connectivity index (χ0) is 14.4. The third-order valence-electron chi connectivity index (χ3n) is 4.58. The molecule has 20 heavy (non-hydrogen) atoms. The number of hydrogen-bond donors (Lipinski definition) is 1. The van der Waals surface area contributed by atoms with Crippen LogP contribution in [0.2, 0.25) is 0 Å². The highest BCUT2D eigenvalue weighted by Crippen LogP contribution is 2.34. The molecule has 0 unspecified atom stereocenters. The predicted molar refractivity (Wildman–Crippen MR) is 84.5 cm³/mol. The van der Waals surface area contributed by atoms with Gasteiger partial charge in [0.15, 0.2) is 0 Å². The molecule has 1 heterocycles. The van der Waals surface area contributed by atoms with Crippen LogP contribution in [0, 0.1) is 12.3 Å². The molecule has 0 aromatic carbocycles. The average Bonchev–Trinajstić information content (AvgIpc) is 2.65. The van der Waals surface area contributed by atoms with Gasteiger partial charge in [-0.3, -0.25) is 9.88 Å². The molecule has 3 nitrogen and oxygen atoms in total. The zero-order valence-electron chi connectivity index (χ0n) is 13.1. The van der Waals surface area contributed by atoms with Crippen LogP contribution in [0.15, 0.2) is 18.2 Å². The van der Waals surface area contributed by atoms with Crippen molar-refractivity contribution in [1.82, 2.24) is 9.88 Å². The summed E-state index contributed by atoms with van der Waals surface area (Å²) in [6.45, 7) is 4.89. The molecule has 1 aliphatic rings. The minimum absolute atomic E-state index is 0.328. The largest absolute Gasteiger partial charge is 0.330 e. The van der Waals surface area contributed by atoms with Gasteiger partial charge in [-0.15, -0.1) is 0 Å². The van der Waals surface area contributed by atoms with E-state index < -0.39 is 0 Å². The van der Waals surface area contributed by atoms with Crippen molar-refractivity contribution in [1.29, 1.82) is 0 Å². The summed E-state index contributed by atoms with van der Waals surface area (Å²) in [7, 11) is 2.20. The van der Waals surface area contributed by atoms with Gasteiger partial charge in [0, 0.05) is 18.8 Å². The Hall–Kier alpha value is -0.930. The molecule has 0 spiro atoms. The standard InChI is InChI=1S/C17H29N3/c1-15-8-7-9-16(19-15)12-20(2)14-17(13-18)10-5-3-4-6-11-17/h7-9H,3-6,10-14,18H2,1-2H3. The zero-order valence-corrected chi connectivity index (χ0v) is 13.1. The van der Waals surface area contributed by atoms with Crippen LogP contribution in [0.5, 0.6) is 0 Å². The van der Waals surface area contributed by atoms with Gasteiger partial charge in [0.2, 0.25) is 0 Å². The quantitative estimate of drug-likeness (QED) is 0.840. The molecule has 3 heteroatoms. The fourth-order valence-corrected chi connectivity index (χ4v) is 3.50. The van der Waals surface area contributed by atoms with Crippen LogP contribution in [0.1, 0.15) is 49.9 Å². The highest BCUT2D eigenvalue weighted by molar-refractivity contribution is 5.09. The molecule has 2 N–H and O–H groups in total. The third-order valence-corrected chi connectivity index (χ3v) is 4.58. The van der Waals surface area contributed by atoms with Gasteiger partial charge in [0.05, 0.1) is 5.69 Å². The van der Waals surface area contributed by atoms with Crippen LogP contribution < -0.4 is 5.73 Å². The molecule has 0 aliphatic heterocycles. The van der Waals surface area contributed by atoms with E-state index in [-0.39, 0.29) is 0 Å². The minimum Gasteiger partial charge on any atom is -0.330 e. The van der Waals surface area contributed by atoms with Crippen LogP contribution >= 0.6 is 0 Å². The Morgan fingerprint density at radius 1 is 1.20 bits per heavy atom. The number of aryl methyl sites for hydroxylation is 1. The van der Waals surface area contributed by atoms with Gasteiger partial charge in [-0.1, -0.05) is 31.7 Å². The smallest absolute Gasteiger partial charge is 0.0547 e. The molecule has 1 aromatic heterocycles. The summed E-state index contributed by atoms with van der Waals surface area (Å²) in [6.07, 6.45) is 8.02. The number of rotatable bonds is 5. The molecule has 2 rings (SSSR count). The van der Waals surface area contributed by atoms with Crippen LogP contribution in [-0.2, 0) is 6.54 Å². The number of nitrogens with zero attached hydrogens (tertiary/aromatic N) is 2. The molecule has 112 valence electrons. The van der Waals surface area contributed by atoms with Gasteiger partial charge in [-0.05, 0) is 50.9 Å². The molecule has 0 radical (unpaired) electrons. The number of pyridine rings is 1. The van der Waals surface area contributed by atoms with Crippen molar-refractivity contribution in [3.8, 4) is 0 Å². The van der Waals surface area contributed by atoms with Crippen molar-refractivity contribution in [3.63, 3.8) is 0 Å². The van der Waals surface area contributed by atoms with E-state index in [0.717, 1.165) is 31.0 Å². The number of aromatic nitrogens is 1. The minimum atomic E-state index is 0.328. The second-order valence-corrected chi connectivity index (χ2v) is 6.56. The van der Waals surface area contributed by atoms with Crippen LogP contribution in [0.25, 0.3) is 0 Å². The molecule has 0 amide bonds. The maximum absolute atomic E-state index is 6.13. The second-order valence-electron chi connectivity index (χ2n) is 6.56. The predicted octanol–water partition coefficient (Wildman–Crippen LogP) is 3.12. The van der Waals surface area contributed by atoms with Crippen molar-refractivity contribution in [2.75, 3.05) is 20.1 Å². The highest BCUT2D eigenvalue weighted by atomic mass is 15.1. The van der Waals surface area contributed by atoms with Crippen molar-refractivity contribution in [2.24, 2.45) is 11.1 Å². The first kappa shape index (κ1) is 15.5. The van der Waals surface area contributed by atoms with Crippen LogP contribution in [0.4, 0.5) is 0 Å². The normalized spacial score (nSPS) is 19.0. The highest BCUT2D eigenvalue weighted by Gasteiger charge is 2.30. The maximum atomic E-state index is 6.13. The number of hydrogen-bond acceptors (Lipinski definition) is 3. The molecule has 1 aliphatic carbocycles. The third kappa shape index (κ3) is 4.29. The number of nitrogens with two attached hydrogens (primary N) is 1. The Bertz CT molecular complexity index is 408. The van der Waals surface area contributed by atoms with E-state index in [1.54, 1.807) is 0 Å². The van der Waals surface area contributed by atoms with E-state index >= 15 is 0 Å². The molecule has 1 aromatic rings. The van der Waals surface area contributed by atoms with Gasteiger partial charge in [0.25, 0.3) is 0 Å². The van der Waals surface area contributed by atoms with Gasteiger partial charge in [-0.25, -0.2) is 0 Å². The van der Waals surface area contributed by atoms with E-state index in [1.807, 2.05) is 0 Å². The summed E-state index contributed by atoms with van der Waals surface area (Å²) in [4.78, 5) is 7.00. The Labute approximate surface area is 123 Å². The lowest BCUT2D eigenvalue weighted by Gasteiger charge is -2.35. The lowest BCUT2D eigenvalue weighted by Crippen LogP contribution is -2.40. The molecule has 0 atom stereocenters. The Balaban J connectivity index is 1.96. The van der Waals surface area contributed by atoms with Crippen molar-refractivity contribution in [3.05, 3.63) is 29.6 Å². The van der Waals surface area contributed by atoms with Crippen LogP contribution in [0.3, 0.4) is 0 Å². The average molecular weight is 275 g/mol. The van der Waals surface area contributed by atoms with Crippen molar-refractivity contribution >= 4 is 0 Å². The maximum Gasteiger partial charge on any atom is 0.0547 e. The fourth-order valence-electron chi connectivity index (χ4n) is 3.50. The summed E-state index contributed by atoms with van der Waals surface area (Å²) in [5, 5.41) is 0. The summed E-state index contributed by atoms with van der Waals surface area (Å²) in [6, 6.07) is 6.26. The lowest BCUT2D eigenvalue weighted by atomic mass is 9.80. The molecular weight excluding hydrogens is 246 g/mol. The summed E-state index contributed by atoms with van der Waals surface area (Å²) in [5.74, 6) is 0. The van der Waals surface area contributed by atoms with Crippen molar-refractivity contribution < 1.29 is 0 Å². The van der Waals surface area contributed by atoms with Gasteiger partial charge < -0.3 is 5.73 Å². The van der Waals surface area contributed by atoms with Crippen LogP contribution in [-0.4, -0.2) is 30.0 Å². The molecule has 1 saturated carbocycles. The Morgan fingerprint density at radius 3 is 2.50 bits per heavy atom. The molecule has 0 saturated heterocycles. The lowest BCUT2D eigenvalue weighted by molar-refractivity contribution is 0.152. The SMILES string of the molecule is Cc1cccc(CN(C)CC2(CN)CCCCCC2)n1. The van der Waals surface area contributed by atoms with E-state index in [1.165, 1.54) is 38.5 Å². The Kier molecular flexibility index (Phi) is 5.55. The van der Waals surface area contributed by atoms with E-state index in [0.29, 0.717) is 5.41 Å². The monoisotopic (exact) mass is 275 g/mol. The van der Waals surface area contributed by atoms with Gasteiger partial charge in [0.1, 0.15) is 0 Å². The first-order chi connectivity index (χ1) is 9.63. The fraction of sp³-hybridized carbons (Fsp3) is 0.706.